The number of phenolic OH excluding ortho intramolecular Hbond substituents is 1. The van der Waals surface area contributed by atoms with E-state index in [-0.39, 0.29) is 70.2 Å². The fourth-order valence-electron chi connectivity index (χ4n) is 5.81. The monoisotopic (exact) mass is 716 g/mol. The lowest BCUT2D eigenvalue weighted by atomic mass is 9.95. The highest BCUT2D eigenvalue weighted by Gasteiger charge is 2.33. The molecule has 3 heterocycles. The summed E-state index contributed by atoms with van der Waals surface area (Å²) < 4.78 is 75.4. The van der Waals surface area contributed by atoms with Crippen LogP contribution in [0.2, 0.25) is 0 Å². The molecule has 2 aromatic heterocycles. The minimum absolute atomic E-state index is 0.0154. The minimum atomic E-state index is -4.64. The number of piperazine rings is 1. The third kappa shape index (κ3) is 8.92. The van der Waals surface area contributed by atoms with Gasteiger partial charge in [-0.05, 0) is 71.9 Å². The van der Waals surface area contributed by atoms with E-state index < -0.39 is 24.1 Å². The molecule has 10 nitrogen and oxygen atoms in total. The first-order chi connectivity index (χ1) is 24.0. The Bertz CT molecular complexity index is 1930. The number of aromatic hydroxyl groups is 1. The van der Waals surface area contributed by atoms with Crippen molar-refractivity contribution in [1.82, 2.24) is 24.8 Å². The van der Waals surface area contributed by atoms with Crippen LogP contribution in [-0.4, -0.2) is 108 Å². The number of hydrogen-bond acceptors (Lipinski definition) is 10. The molecule has 0 spiro atoms. The van der Waals surface area contributed by atoms with Crippen molar-refractivity contribution in [3.8, 4) is 41.2 Å². The van der Waals surface area contributed by atoms with Gasteiger partial charge in [-0.2, -0.15) is 23.1 Å². The van der Waals surface area contributed by atoms with Crippen LogP contribution in [-0.2, 0) is 4.79 Å². The highest BCUT2D eigenvalue weighted by atomic mass is 19.4. The zero-order valence-corrected chi connectivity index (χ0v) is 29.5. The number of carbonyl (C=O) groups excluding carboxylic acids is 1. The number of nitrogens with zero attached hydrogens (tertiary/aromatic N) is 6. The van der Waals surface area contributed by atoms with Gasteiger partial charge >= 0.3 is 12.2 Å². The number of carbonyl (C=O) groups is 1. The molecule has 0 bridgehead atoms. The Morgan fingerprint density at radius 1 is 1.14 bits per heavy atom. The zero-order valence-electron chi connectivity index (χ0n) is 29.5. The fourth-order valence-corrected chi connectivity index (χ4v) is 5.81. The van der Waals surface area contributed by atoms with Gasteiger partial charge in [-0.3, -0.25) is 9.69 Å². The average Bonchev–Trinajstić information content (AvgIpc) is 3.06. The molecule has 0 saturated carbocycles. The van der Waals surface area contributed by atoms with Crippen molar-refractivity contribution >= 4 is 33.8 Å². The summed E-state index contributed by atoms with van der Waals surface area (Å²) in [6.45, 7) is 10.1. The van der Waals surface area contributed by atoms with Crippen LogP contribution in [0.3, 0.4) is 0 Å². The maximum absolute atomic E-state index is 17.0. The van der Waals surface area contributed by atoms with Crippen LogP contribution in [0.5, 0.6) is 17.6 Å². The van der Waals surface area contributed by atoms with Crippen molar-refractivity contribution in [2.45, 2.75) is 58.5 Å². The predicted octanol–water partition coefficient (Wildman–Crippen LogP) is 6.20. The Labute approximate surface area is 293 Å². The molecule has 2 unspecified atom stereocenters. The van der Waals surface area contributed by atoms with Gasteiger partial charge in [-0.15, -0.1) is 6.42 Å². The number of benzene rings is 2. The smallest absolute Gasteiger partial charge is 0.446 e. The molecule has 0 radical (unpaired) electrons. The fraction of sp³-hybridized carbons (Fsp3) is 0.444. The number of alkyl halides is 3. The van der Waals surface area contributed by atoms with Crippen molar-refractivity contribution in [1.29, 1.82) is 0 Å². The van der Waals surface area contributed by atoms with Crippen LogP contribution in [0.15, 0.2) is 24.3 Å². The number of pyridine rings is 1. The van der Waals surface area contributed by atoms with Gasteiger partial charge in [0, 0.05) is 42.7 Å². The molecule has 0 aliphatic carbocycles. The second-order valence-corrected chi connectivity index (χ2v) is 12.8. The summed E-state index contributed by atoms with van der Waals surface area (Å²) in [4.78, 5) is 29.2. The quantitative estimate of drug-likeness (QED) is 0.122. The molecular formula is C36H41F5N6O4. The first-order valence-corrected chi connectivity index (χ1v) is 16.3. The molecule has 1 fully saturated rings. The highest BCUT2D eigenvalue weighted by molar-refractivity contribution is 6.04. The van der Waals surface area contributed by atoms with E-state index in [0.717, 1.165) is 6.42 Å². The van der Waals surface area contributed by atoms with E-state index in [9.17, 15) is 22.7 Å². The predicted molar refractivity (Wildman–Crippen MR) is 185 cm³/mol. The van der Waals surface area contributed by atoms with E-state index in [1.165, 1.54) is 24.3 Å². The maximum Gasteiger partial charge on any atom is 0.446 e. The van der Waals surface area contributed by atoms with E-state index in [2.05, 4.69) is 46.6 Å². The zero-order chi connectivity index (χ0) is 37.8. The third-order valence-electron chi connectivity index (χ3n) is 8.37. The molecule has 5 rings (SSSR count). The van der Waals surface area contributed by atoms with Gasteiger partial charge in [0.2, 0.25) is 12.2 Å². The molecule has 2 atom stereocenters. The Hall–Kier alpha value is -4.81. The molecule has 1 saturated heterocycles. The lowest BCUT2D eigenvalue weighted by molar-refractivity contribution is -0.156. The van der Waals surface area contributed by atoms with Gasteiger partial charge < -0.3 is 24.4 Å². The Morgan fingerprint density at radius 3 is 2.41 bits per heavy atom. The number of anilines is 1. The molecule has 274 valence electrons. The summed E-state index contributed by atoms with van der Waals surface area (Å²) in [6.07, 6.45) is 0.596. The lowest BCUT2D eigenvalue weighted by Gasteiger charge is -2.44. The molecular weight excluding hydrogens is 675 g/mol. The summed E-state index contributed by atoms with van der Waals surface area (Å²) >= 11 is 0. The summed E-state index contributed by atoms with van der Waals surface area (Å²) in [5, 5.41) is 11.6. The first kappa shape index (κ1) is 39.0. The standard InChI is InChI=1S/C34H40F2N6O3.C2HF3O/c1-9-22-18-42(17-20(5)41(22)8)32-28-31(38-34(39-32)44-14-13-40(6)7)29(36)30(37-33(28)45-19(3)4)25-16-23(43)15-21-11-12-26(35)24(10-2)27(21)25;3-2(4,5)1-6/h2,11-12,15-16,19-20,22,43H,9,13-14,17-18H2,1,3-8H3;1H. The number of phenols is 1. The Kier molecular flexibility index (Phi) is 12.3. The van der Waals surface area contributed by atoms with E-state index in [4.69, 9.17) is 25.7 Å². The van der Waals surface area contributed by atoms with E-state index in [1.807, 2.05) is 32.8 Å². The van der Waals surface area contributed by atoms with Crippen molar-refractivity contribution in [3.05, 3.63) is 41.5 Å². The molecule has 4 aromatic rings. The second-order valence-electron chi connectivity index (χ2n) is 12.8. The van der Waals surface area contributed by atoms with E-state index in [0.29, 0.717) is 36.2 Å². The number of terminal acetylenes is 1. The van der Waals surface area contributed by atoms with Gasteiger partial charge in [-0.1, -0.05) is 18.9 Å². The SMILES string of the molecule is C#Cc1c(F)ccc2cc(O)cc(-c3nc(OC(C)C)c4c(N5CC(C)N(C)C(CC)C5)nc(OCCN(C)C)nc4c3F)c12.O=CC(F)(F)F. The van der Waals surface area contributed by atoms with Gasteiger partial charge in [0.25, 0.3) is 0 Å². The second kappa shape index (κ2) is 16.0. The highest BCUT2D eigenvalue weighted by Crippen LogP contribution is 2.42. The maximum atomic E-state index is 17.0. The van der Waals surface area contributed by atoms with Gasteiger partial charge in [0.05, 0.1) is 11.7 Å². The van der Waals surface area contributed by atoms with Crippen LogP contribution in [0.4, 0.5) is 27.8 Å². The van der Waals surface area contributed by atoms with Crippen molar-refractivity contribution in [2.24, 2.45) is 0 Å². The van der Waals surface area contributed by atoms with Crippen LogP contribution in [0.1, 0.15) is 39.7 Å². The Balaban J connectivity index is 0.000000894. The molecule has 1 aliphatic rings. The van der Waals surface area contributed by atoms with Crippen LogP contribution >= 0.6 is 0 Å². The number of aromatic nitrogens is 3. The molecule has 1 N–H and O–H groups in total. The first-order valence-electron chi connectivity index (χ1n) is 16.3. The van der Waals surface area contributed by atoms with Gasteiger partial charge in [-0.25, -0.2) is 13.8 Å². The van der Waals surface area contributed by atoms with Gasteiger partial charge in [0.1, 0.15) is 40.6 Å². The normalized spacial score (nSPS) is 16.7. The van der Waals surface area contributed by atoms with Crippen LogP contribution < -0.4 is 14.4 Å². The number of likely N-dealkylation sites (N-methyl/N-ethyl adjacent to an activating group) is 2. The van der Waals surface area contributed by atoms with Crippen LogP contribution in [0.25, 0.3) is 32.9 Å². The Morgan fingerprint density at radius 2 is 1.82 bits per heavy atom. The number of hydrogen-bond donors (Lipinski definition) is 1. The number of aldehydes is 1. The molecule has 51 heavy (non-hydrogen) atoms. The molecule has 2 aromatic carbocycles. The average molecular weight is 717 g/mol. The van der Waals surface area contributed by atoms with E-state index >= 15 is 4.39 Å². The van der Waals surface area contributed by atoms with Crippen molar-refractivity contribution in [3.63, 3.8) is 0 Å². The number of rotatable bonds is 9. The van der Waals surface area contributed by atoms with Crippen LogP contribution in [0, 0.1) is 24.0 Å². The molecule has 1 aliphatic heterocycles. The number of fused-ring (bicyclic) bond motifs is 2. The summed E-state index contributed by atoms with van der Waals surface area (Å²) in [7, 11) is 5.96. The number of ether oxygens (including phenoxy) is 2. The molecule has 15 heteroatoms. The largest absolute Gasteiger partial charge is 0.508 e. The topological polar surface area (TPSA) is 104 Å². The summed E-state index contributed by atoms with van der Waals surface area (Å²) in [5.41, 5.74) is -0.207. The van der Waals surface area contributed by atoms with Crippen molar-refractivity contribution < 1.29 is 41.3 Å². The van der Waals surface area contributed by atoms with Gasteiger partial charge in [0.15, 0.2) is 5.82 Å². The molecule has 0 amide bonds. The minimum Gasteiger partial charge on any atom is -0.508 e. The third-order valence-corrected chi connectivity index (χ3v) is 8.37. The summed E-state index contributed by atoms with van der Waals surface area (Å²) in [6, 6.07) is 5.91. The lowest BCUT2D eigenvalue weighted by Crippen LogP contribution is -2.56. The summed E-state index contributed by atoms with van der Waals surface area (Å²) in [5.74, 6) is 1.36. The van der Waals surface area contributed by atoms with Crippen molar-refractivity contribution in [2.75, 3.05) is 52.3 Å². The number of halogens is 5. The van der Waals surface area contributed by atoms with E-state index in [1.54, 1.807) is 0 Å².